The number of nitrogens with zero attached hydrogens (tertiary/aromatic N) is 1. The molecule has 0 saturated carbocycles. The van der Waals surface area contributed by atoms with Crippen LogP contribution in [0, 0.1) is 0 Å². The van der Waals surface area contributed by atoms with Crippen LogP contribution >= 0.6 is 11.8 Å². The zero-order chi connectivity index (χ0) is 11.8. The molecule has 0 aromatic heterocycles. The predicted octanol–water partition coefficient (Wildman–Crippen LogP) is 2.46. The van der Waals surface area contributed by atoms with Crippen molar-refractivity contribution >= 4 is 17.7 Å². The lowest BCUT2D eigenvalue weighted by atomic mass is 10.0. The van der Waals surface area contributed by atoms with Crippen molar-refractivity contribution < 1.29 is 9.90 Å². The molecule has 1 fully saturated rings. The molecule has 1 aliphatic heterocycles. The molecular formula is C12H23NO2S. The van der Waals surface area contributed by atoms with E-state index in [9.17, 15) is 4.79 Å². The van der Waals surface area contributed by atoms with E-state index >= 15 is 0 Å². The fourth-order valence-electron chi connectivity index (χ4n) is 2.26. The molecule has 1 N–H and O–H groups in total. The van der Waals surface area contributed by atoms with Gasteiger partial charge in [-0.1, -0.05) is 13.3 Å². The first-order chi connectivity index (χ1) is 7.74. The van der Waals surface area contributed by atoms with Gasteiger partial charge in [0.1, 0.15) is 0 Å². The average molecular weight is 245 g/mol. The van der Waals surface area contributed by atoms with E-state index in [1.165, 1.54) is 19.3 Å². The molecule has 1 unspecified atom stereocenters. The largest absolute Gasteiger partial charge is 0.481 e. The van der Waals surface area contributed by atoms with Gasteiger partial charge >= 0.3 is 5.97 Å². The summed E-state index contributed by atoms with van der Waals surface area (Å²) >= 11 is 1.91. The summed E-state index contributed by atoms with van der Waals surface area (Å²) in [5, 5.41) is 8.94. The van der Waals surface area contributed by atoms with Gasteiger partial charge < -0.3 is 5.11 Å². The van der Waals surface area contributed by atoms with E-state index in [1.807, 2.05) is 11.8 Å². The van der Waals surface area contributed by atoms with Gasteiger partial charge in [-0.05, 0) is 43.9 Å². The normalized spacial score (nSPS) is 19.6. The number of carboxylic acids is 1. The van der Waals surface area contributed by atoms with Gasteiger partial charge in [0.15, 0.2) is 0 Å². The summed E-state index contributed by atoms with van der Waals surface area (Å²) < 4.78 is 0. The number of piperidine rings is 1. The SMILES string of the molecule is CCSCCC(CC(=O)O)N1CCCCC1. The zero-order valence-electron chi connectivity index (χ0n) is 10.2. The zero-order valence-corrected chi connectivity index (χ0v) is 11.0. The quantitative estimate of drug-likeness (QED) is 0.700. The van der Waals surface area contributed by atoms with E-state index in [0.717, 1.165) is 31.0 Å². The Hall–Kier alpha value is -0.220. The van der Waals surface area contributed by atoms with Crippen molar-refractivity contribution in [2.75, 3.05) is 24.6 Å². The van der Waals surface area contributed by atoms with Gasteiger partial charge in [0, 0.05) is 6.04 Å². The first kappa shape index (κ1) is 13.8. The number of rotatable bonds is 7. The predicted molar refractivity (Wildman–Crippen MR) is 69.1 cm³/mol. The van der Waals surface area contributed by atoms with Crippen LogP contribution in [-0.2, 0) is 4.79 Å². The van der Waals surface area contributed by atoms with Crippen molar-refractivity contribution in [2.45, 2.75) is 45.1 Å². The molecule has 1 aliphatic rings. The summed E-state index contributed by atoms with van der Waals surface area (Å²) in [7, 11) is 0. The second-order valence-electron chi connectivity index (χ2n) is 4.33. The van der Waals surface area contributed by atoms with Crippen molar-refractivity contribution in [3.8, 4) is 0 Å². The molecule has 1 atom stereocenters. The molecular weight excluding hydrogens is 222 g/mol. The highest BCUT2D eigenvalue weighted by Gasteiger charge is 2.22. The summed E-state index contributed by atoms with van der Waals surface area (Å²) in [5.74, 6) is 1.56. The molecule has 0 spiro atoms. The Bertz CT molecular complexity index is 205. The van der Waals surface area contributed by atoms with Crippen LogP contribution in [0.2, 0.25) is 0 Å². The summed E-state index contributed by atoms with van der Waals surface area (Å²) in [6.07, 6.45) is 5.10. The van der Waals surface area contributed by atoms with Gasteiger partial charge in [0.25, 0.3) is 0 Å². The summed E-state index contributed by atoms with van der Waals surface area (Å²) in [6.45, 7) is 4.33. The second-order valence-corrected chi connectivity index (χ2v) is 5.73. The third kappa shape index (κ3) is 5.21. The monoisotopic (exact) mass is 245 g/mol. The van der Waals surface area contributed by atoms with E-state index in [0.29, 0.717) is 6.42 Å². The smallest absolute Gasteiger partial charge is 0.304 e. The number of carbonyl (C=O) groups is 1. The summed E-state index contributed by atoms with van der Waals surface area (Å²) in [4.78, 5) is 13.2. The fraction of sp³-hybridized carbons (Fsp3) is 0.917. The standard InChI is InChI=1S/C12H23NO2S/c1-2-16-9-6-11(10-12(14)15)13-7-4-3-5-8-13/h11H,2-10H2,1H3,(H,14,15). The first-order valence-electron chi connectivity index (χ1n) is 6.27. The number of likely N-dealkylation sites (tertiary alicyclic amines) is 1. The van der Waals surface area contributed by atoms with E-state index in [2.05, 4.69) is 11.8 Å². The van der Waals surface area contributed by atoms with Crippen LogP contribution in [-0.4, -0.2) is 46.6 Å². The van der Waals surface area contributed by atoms with Gasteiger partial charge in [-0.3, -0.25) is 9.69 Å². The molecule has 1 rings (SSSR count). The Labute approximate surface area is 103 Å². The van der Waals surface area contributed by atoms with Crippen molar-refractivity contribution in [2.24, 2.45) is 0 Å². The molecule has 1 heterocycles. The minimum Gasteiger partial charge on any atom is -0.481 e. The number of aliphatic carboxylic acids is 1. The molecule has 94 valence electrons. The molecule has 3 nitrogen and oxygen atoms in total. The molecule has 0 amide bonds. The lowest BCUT2D eigenvalue weighted by molar-refractivity contribution is -0.138. The van der Waals surface area contributed by atoms with Gasteiger partial charge in [-0.25, -0.2) is 0 Å². The lowest BCUT2D eigenvalue weighted by Crippen LogP contribution is -2.40. The molecule has 1 saturated heterocycles. The van der Waals surface area contributed by atoms with Crippen LogP contribution in [0.15, 0.2) is 0 Å². The average Bonchev–Trinajstić information content (AvgIpc) is 2.29. The number of hydrogen-bond donors (Lipinski definition) is 1. The molecule has 0 aromatic rings. The van der Waals surface area contributed by atoms with Crippen LogP contribution < -0.4 is 0 Å². The Kier molecular flexibility index (Phi) is 6.88. The van der Waals surface area contributed by atoms with Crippen LogP contribution in [0.3, 0.4) is 0 Å². The maximum atomic E-state index is 10.9. The molecule has 0 aliphatic carbocycles. The number of carboxylic acid groups (broad SMARTS) is 1. The minimum absolute atomic E-state index is 0.261. The van der Waals surface area contributed by atoms with Gasteiger partial charge in [0.05, 0.1) is 6.42 Å². The van der Waals surface area contributed by atoms with E-state index < -0.39 is 5.97 Å². The number of hydrogen-bond acceptors (Lipinski definition) is 3. The Morgan fingerprint density at radius 2 is 2.06 bits per heavy atom. The Morgan fingerprint density at radius 3 is 2.62 bits per heavy atom. The minimum atomic E-state index is -0.655. The van der Waals surface area contributed by atoms with Gasteiger partial charge in [-0.15, -0.1) is 0 Å². The van der Waals surface area contributed by atoms with Gasteiger partial charge in [0.2, 0.25) is 0 Å². The van der Waals surface area contributed by atoms with Crippen LogP contribution in [0.25, 0.3) is 0 Å². The third-order valence-corrected chi connectivity index (χ3v) is 4.05. The molecule has 0 bridgehead atoms. The van der Waals surface area contributed by atoms with E-state index in [1.54, 1.807) is 0 Å². The Balaban J connectivity index is 2.37. The maximum absolute atomic E-state index is 10.9. The molecule has 0 radical (unpaired) electrons. The highest BCUT2D eigenvalue weighted by Crippen LogP contribution is 2.18. The molecule has 0 aromatic carbocycles. The fourth-order valence-corrected chi connectivity index (χ4v) is 2.99. The van der Waals surface area contributed by atoms with E-state index in [-0.39, 0.29) is 6.04 Å². The molecule has 16 heavy (non-hydrogen) atoms. The molecule has 4 heteroatoms. The van der Waals surface area contributed by atoms with Crippen LogP contribution in [0.4, 0.5) is 0 Å². The maximum Gasteiger partial charge on any atom is 0.304 e. The van der Waals surface area contributed by atoms with Crippen LogP contribution in [0.1, 0.15) is 39.0 Å². The van der Waals surface area contributed by atoms with E-state index in [4.69, 9.17) is 5.11 Å². The third-order valence-electron chi connectivity index (χ3n) is 3.12. The van der Waals surface area contributed by atoms with Crippen molar-refractivity contribution in [3.05, 3.63) is 0 Å². The van der Waals surface area contributed by atoms with Crippen molar-refractivity contribution in [3.63, 3.8) is 0 Å². The lowest BCUT2D eigenvalue weighted by Gasteiger charge is -2.33. The van der Waals surface area contributed by atoms with Crippen molar-refractivity contribution in [1.29, 1.82) is 0 Å². The van der Waals surface area contributed by atoms with Gasteiger partial charge in [-0.2, -0.15) is 11.8 Å². The topological polar surface area (TPSA) is 40.5 Å². The van der Waals surface area contributed by atoms with Crippen LogP contribution in [0.5, 0.6) is 0 Å². The number of thioether (sulfide) groups is 1. The highest BCUT2D eigenvalue weighted by atomic mass is 32.2. The Morgan fingerprint density at radius 1 is 1.38 bits per heavy atom. The highest BCUT2D eigenvalue weighted by molar-refractivity contribution is 7.99. The summed E-state index contributed by atoms with van der Waals surface area (Å²) in [5.41, 5.74) is 0. The first-order valence-corrected chi connectivity index (χ1v) is 7.43. The van der Waals surface area contributed by atoms with Crippen molar-refractivity contribution in [1.82, 2.24) is 4.90 Å². The summed E-state index contributed by atoms with van der Waals surface area (Å²) in [6, 6.07) is 0.261. The second kappa shape index (κ2) is 7.96.